The highest BCUT2D eigenvalue weighted by Gasteiger charge is 2.24. The number of hydrogen-bond donors (Lipinski definition) is 1. The van der Waals surface area contributed by atoms with Gasteiger partial charge in [0.25, 0.3) is 10.0 Å². The summed E-state index contributed by atoms with van der Waals surface area (Å²) in [5.74, 6) is 0.510. The molecule has 1 amide bonds. The molecule has 6 nitrogen and oxygen atoms in total. The standard InChI is InChI=1S/C19H22N2O4S/c1-14(2)12-15-6-8-18(9-7-15)26(23,24)20-16-4-3-5-17(13-16)21-10-11-25-19(21)22/h3-9,13-14,20H,10-12H2,1-2H3. The molecule has 0 unspecified atom stereocenters. The molecule has 0 aromatic heterocycles. The molecule has 0 radical (unpaired) electrons. The second-order valence-electron chi connectivity index (χ2n) is 6.66. The third-order valence-electron chi connectivity index (χ3n) is 4.05. The van der Waals surface area contributed by atoms with Crippen LogP contribution >= 0.6 is 0 Å². The average Bonchev–Trinajstić information content (AvgIpc) is 3.01. The van der Waals surface area contributed by atoms with Crippen LogP contribution in [0.15, 0.2) is 53.4 Å². The van der Waals surface area contributed by atoms with E-state index in [1.807, 2.05) is 12.1 Å². The van der Waals surface area contributed by atoms with E-state index < -0.39 is 16.1 Å². The van der Waals surface area contributed by atoms with Crippen molar-refractivity contribution in [2.75, 3.05) is 22.8 Å². The molecule has 3 rings (SSSR count). The summed E-state index contributed by atoms with van der Waals surface area (Å²) < 4.78 is 32.7. The van der Waals surface area contributed by atoms with Crippen LogP contribution in [0.1, 0.15) is 19.4 Å². The van der Waals surface area contributed by atoms with Crippen LogP contribution in [-0.4, -0.2) is 27.7 Å². The molecule has 1 N–H and O–H groups in total. The SMILES string of the molecule is CC(C)Cc1ccc(S(=O)(=O)Nc2cccc(N3CCOC3=O)c2)cc1. The Labute approximate surface area is 153 Å². The second-order valence-corrected chi connectivity index (χ2v) is 8.35. The molecule has 0 saturated carbocycles. The van der Waals surface area contributed by atoms with Gasteiger partial charge in [0.15, 0.2) is 0 Å². The number of cyclic esters (lactones) is 1. The van der Waals surface area contributed by atoms with Gasteiger partial charge in [-0.05, 0) is 48.2 Å². The van der Waals surface area contributed by atoms with E-state index in [0.29, 0.717) is 30.4 Å². The molecule has 1 fully saturated rings. The van der Waals surface area contributed by atoms with Crippen molar-refractivity contribution in [2.45, 2.75) is 25.2 Å². The van der Waals surface area contributed by atoms with Gasteiger partial charge >= 0.3 is 6.09 Å². The van der Waals surface area contributed by atoms with Crippen LogP contribution < -0.4 is 9.62 Å². The normalized spacial score (nSPS) is 14.6. The predicted molar refractivity (Wildman–Crippen MR) is 101 cm³/mol. The van der Waals surface area contributed by atoms with E-state index >= 15 is 0 Å². The molecule has 2 aromatic carbocycles. The van der Waals surface area contributed by atoms with Crippen molar-refractivity contribution in [3.8, 4) is 0 Å². The van der Waals surface area contributed by atoms with Crippen LogP contribution in [0.25, 0.3) is 0 Å². The first-order valence-electron chi connectivity index (χ1n) is 8.51. The summed E-state index contributed by atoms with van der Waals surface area (Å²) in [6.45, 7) is 5.02. The van der Waals surface area contributed by atoms with E-state index in [1.54, 1.807) is 36.4 Å². The Morgan fingerprint density at radius 2 is 1.88 bits per heavy atom. The molecule has 0 spiro atoms. The van der Waals surface area contributed by atoms with E-state index in [1.165, 1.54) is 4.90 Å². The van der Waals surface area contributed by atoms with Crippen molar-refractivity contribution < 1.29 is 17.9 Å². The molecular weight excluding hydrogens is 352 g/mol. The Hall–Kier alpha value is -2.54. The zero-order valence-electron chi connectivity index (χ0n) is 14.8. The van der Waals surface area contributed by atoms with E-state index in [9.17, 15) is 13.2 Å². The molecule has 1 heterocycles. The molecule has 0 atom stereocenters. The van der Waals surface area contributed by atoms with Crippen LogP contribution in [-0.2, 0) is 21.2 Å². The van der Waals surface area contributed by atoms with Crippen LogP contribution in [0.4, 0.5) is 16.2 Å². The van der Waals surface area contributed by atoms with Gasteiger partial charge in [0.2, 0.25) is 0 Å². The number of carbonyl (C=O) groups is 1. The predicted octanol–water partition coefficient (Wildman–Crippen LogP) is 3.64. The molecular formula is C19H22N2O4S. The molecule has 1 saturated heterocycles. The summed E-state index contributed by atoms with van der Waals surface area (Å²) in [5, 5.41) is 0. The number of amides is 1. The maximum absolute atomic E-state index is 12.6. The van der Waals surface area contributed by atoms with Gasteiger partial charge in [0.1, 0.15) is 6.61 Å². The molecule has 7 heteroatoms. The Kier molecular flexibility index (Phi) is 5.18. The zero-order valence-corrected chi connectivity index (χ0v) is 15.6. The van der Waals surface area contributed by atoms with Gasteiger partial charge in [0.05, 0.1) is 17.1 Å². The largest absolute Gasteiger partial charge is 0.447 e. The van der Waals surface area contributed by atoms with Crippen molar-refractivity contribution in [3.05, 3.63) is 54.1 Å². The lowest BCUT2D eigenvalue weighted by atomic mass is 10.0. The number of nitrogens with one attached hydrogen (secondary N) is 1. The minimum atomic E-state index is -3.70. The Bertz CT molecular complexity index is 892. The van der Waals surface area contributed by atoms with Gasteiger partial charge in [0, 0.05) is 5.69 Å². The summed E-state index contributed by atoms with van der Waals surface area (Å²) in [4.78, 5) is 13.3. The van der Waals surface area contributed by atoms with E-state index in [4.69, 9.17) is 4.74 Å². The number of benzene rings is 2. The first-order chi connectivity index (χ1) is 12.3. The summed E-state index contributed by atoms with van der Waals surface area (Å²) in [6, 6.07) is 13.6. The Morgan fingerprint density at radius 1 is 1.15 bits per heavy atom. The number of nitrogens with zero attached hydrogens (tertiary/aromatic N) is 1. The number of ether oxygens (including phenoxy) is 1. The molecule has 138 valence electrons. The van der Waals surface area contributed by atoms with Crippen molar-refractivity contribution in [1.82, 2.24) is 0 Å². The number of rotatable bonds is 6. The van der Waals surface area contributed by atoms with Gasteiger partial charge in [-0.15, -0.1) is 0 Å². The van der Waals surface area contributed by atoms with Gasteiger partial charge in [-0.25, -0.2) is 13.2 Å². The third-order valence-corrected chi connectivity index (χ3v) is 5.45. The van der Waals surface area contributed by atoms with Crippen molar-refractivity contribution in [1.29, 1.82) is 0 Å². The second kappa shape index (κ2) is 7.37. The summed E-state index contributed by atoms with van der Waals surface area (Å²) >= 11 is 0. The van der Waals surface area contributed by atoms with Crippen LogP contribution in [0, 0.1) is 5.92 Å². The van der Waals surface area contributed by atoms with Crippen molar-refractivity contribution in [3.63, 3.8) is 0 Å². The average molecular weight is 374 g/mol. The smallest absolute Gasteiger partial charge is 0.414 e. The molecule has 26 heavy (non-hydrogen) atoms. The molecule has 2 aromatic rings. The molecule has 1 aliphatic rings. The first kappa shape index (κ1) is 18.3. The van der Waals surface area contributed by atoms with Gasteiger partial charge in [-0.2, -0.15) is 0 Å². The maximum Gasteiger partial charge on any atom is 0.414 e. The third kappa shape index (κ3) is 4.16. The highest BCUT2D eigenvalue weighted by molar-refractivity contribution is 7.92. The number of hydrogen-bond acceptors (Lipinski definition) is 4. The minimum absolute atomic E-state index is 0.205. The molecule has 0 bridgehead atoms. The van der Waals surface area contributed by atoms with Crippen LogP contribution in [0.3, 0.4) is 0 Å². The lowest BCUT2D eigenvalue weighted by Crippen LogP contribution is -2.23. The zero-order chi connectivity index (χ0) is 18.7. The monoisotopic (exact) mass is 374 g/mol. The van der Waals surface area contributed by atoms with E-state index in [-0.39, 0.29) is 4.90 Å². The molecule has 0 aliphatic carbocycles. The number of carbonyl (C=O) groups excluding carboxylic acids is 1. The fourth-order valence-corrected chi connectivity index (χ4v) is 3.90. The number of sulfonamides is 1. The number of anilines is 2. The minimum Gasteiger partial charge on any atom is -0.447 e. The quantitative estimate of drug-likeness (QED) is 0.837. The van der Waals surface area contributed by atoms with Crippen LogP contribution in [0.2, 0.25) is 0 Å². The Balaban J connectivity index is 1.78. The molecule has 1 aliphatic heterocycles. The van der Waals surface area contributed by atoms with Gasteiger partial charge < -0.3 is 4.74 Å². The van der Waals surface area contributed by atoms with Gasteiger partial charge in [-0.3, -0.25) is 9.62 Å². The topological polar surface area (TPSA) is 75.7 Å². The van der Waals surface area contributed by atoms with Crippen molar-refractivity contribution in [2.24, 2.45) is 5.92 Å². The van der Waals surface area contributed by atoms with Crippen LogP contribution in [0.5, 0.6) is 0 Å². The van der Waals surface area contributed by atoms with Gasteiger partial charge in [-0.1, -0.05) is 32.0 Å². The maximum atomic E-state index is 12.6. The fraction of sp³-hybridized carbons (Fsp3) is 0.316. The lowest BCUT2D eigenvalue weighted by Gasteiger charge is -2.15. The summed E-state index contributed by atoms with van der Waals surface area (Å²) in [6.07, 6.45) is 0.479. The van der Waals surface area contributed by atoms with Crippen molar-refractivity contribution >= 4 is 27.5 Å². The summed E-state index contributed by atoms with van der Waals surface area (Å²) in [7, 11) is -3.70. The highest BCUT2D eigenvalue weighted by Crippen LogP contribution is 2.24. The fourth-order valence-electron chi connectivity index (χ4n) is 2.86. The first-order valence-corrected chi connectivity index (χ1v) is 9.99. The van der Waals surface area contributed by atoms with E-state index in [0.717, 1.165) is 12.0 Å². The lowest BCUT2D eigenvalue weighted by molar-refractivity contribution is 0.181. The Morgan fingerprint density at radius 3 is 2.50 bits per heavy atom. The highest BCUT2D eigenvalue weighted by atomic mass is 32.2. The van der Waals surface area contributed by atoms with E-state index in [2.05, 4.69) is 18.6 Å². The summed E-state index contributed by atoms with van der Waals surface area (Å²) in [5.41, 5.74) is 2.10.